The summed E-state index contributed by atoms with van der Waals surface area (Å²) in [7, 11) is 5.87. The van der Waals surface area contributed by atoms with Crippen molar-refractivity contribution in [3.05, 3.63) is 46.5 Å². The lowest BCUT2D eigenvalue weighted by molar-refractivity contribution is -0.162. The van der Waals surface area contributed by atoms with Crippen LogP contribution in [0.15, 0.2) is 35.9 Å². The normalized spacial score (nSPS) is 30.9. The van der Waals surface area contributed by atoms with Gasteiger partial charge in [-0.05, 0) is 95.8 Å². The molecule has 2 unspecified atom stereocenters. The topological polar surface area (TPSA) is 286 Å². The number of aliphatic carboxylic acids is 1. The molecule has 21 nitrogen and oxygen atoms in total. The lowest BCUT2D eigenvalue weighted by Gasteiger charge is -2.42. The first kappa shape index (κ1) is 60.0. The van der Waals surface area contributed by atoms with E-state index in [1.165, 1.54) is 54.7 Å². The number of nitrogens with two attached hydrogens (primary N) is 1. The molecule has 0 radical (unpaired) electrons. The number of methoxy groups -OCH3 is 2. The Morgan fingerprint density at radius 3 is 2.46 bits per heavy atom. The molecule has 4 bridgehead atoms. The van der Waals surface area contributed by atoms with Crippen LogP contribution in [-0.4, -0.2) is 168 Å². The van der Waals surface area contributed by atoms with E-state index in [2.05, 4.69) is 10.6 Å². The van der Waals surface area contributed by atoms with Crippen molar-refractivity contribution in [1.29, 1.82) is 0 Å². The number of carbonyl (C=O) groups excluding carboxylic acids is 7. The summed E-state index contributed by atoms with van der Waals surface area (Å²) in [5.41, 5.74) is 4.34. The number of amides is 6. The molecule has 6 rings (SSSR count). The van der Waals surface area contributed by atoms with Gasteiger partial charge in [0.05, 0.1) is 30.6 Å². The highest BCUT2D eigenvalue weighted by Gasteiger charge is 2.64. The van der Waals surface area contributed by atoms with Gasteiger partial charge < -0.3 is 54.7 Å². The van der Waals surface area contributed by atoms with Gasteiger partial charge in [-0.3, -0.25) is 39.0 Å². The highest BCUT2D eigenvalue weighted by atomic mass is 35.5. The molecule has 4 aliphatic heterocycles. The van der Waals surface area contributed by atoms with Gasteiger partial charge in [-0.1, -0.05) is 42.3 Å². The Labute approximate surface area is 453 Å². The number of allylic oxidation sites excluding steroid dienone is 3. The predicted octanol–water partition coefficient (Wildman–Crippen LogP) is 4.27. The van der Waals surface area contributed by atoms with Crippen LogP contribution in [0, 0.1) is 17.8 Å². The summed E-state index contributed by atoms with van der Waals surface area (Å²) >= 11 is 8.02. The van der Waals surface area contributed by atoms with E-state index in [0.29, 0.717) is 69.3 Å². The number of likely N-dealkylation sites (tertiary alicyclic amines) is 1. The molecule has 76 heavy (non-hydrogen) atoms. The Kier molecular flexibility index (Phi) is 20.5. The third-order valence-corrected chi connectivity index (χ3v) is 17.2. The predicted molar refractivity (Wildman–Crippen MR) is 281 cm³/mol. The molecule has 10 atom stereocenters. The number of nitrogens with one attached hydrogen (secondary N) is 2. The van der Waals surface area contributed by atoms with Crippen LogP contribution >= 0.6 is 23.4 Å². The highest BCUT2D eigenvalue weighted by molar-refractivity contribution is 8.00. The second kappa shape index (κ2) is 25.9. The summed E-state index contributed by atoms with van der Waals surface area (Å²) in [5.74, 6) is -3.68. The maximum Gasteiger partial charge on any atom is 0.409 e. The molecule has 1 aromatic carbocycles. The van der Waals surface area contributed by atoms with Crippen molar-refractivity contribution in [1.82, 2.24) is 20.4 Å². The number of epoxide rings is 1. The lowest BCUT2D eigenvalue weighted by Crippen LogP contribution is -2.63. The molecule has 6 amide bonds. The van der Waals surface area contributed by atoms with Gasteiger partial charge in [-0.15, -0.1) is 11.8 Å². The number of carbonyl (C=O) groups is 8. The van der Waals surface area contributed by atoms with Crippen LogP contribution in [0.2, 0.25) is 5.02 Å². The molecule has 4 heterocycles. The van der Waals surface area contributed by atoms with E-state index >= 15 is 0 Å². The molecule has 420 valence electrons. The number of carboxylic acids is 1. The van der Waals surface area contributed by atoms with Crippen molar-refractivity contribution in [3.63, 3.8) is 0 Å². The molecular weight excluding hydrogens is 1030 g/mol. The van der Waals surface area contributed by atoms with E-state index in [1.807, 2.05) is 13.0 Å². The molecule has 6 N–H and O–H groups in total. The second-order valence-corrected chi connectivity index (χ2v) is 22.7. The number of carboxylic acid groups (broad SMARTS) is 1. The number of hydrogen-bond donors (Lipinski definition) is 5. The van der Waals surface area contributed by atoms with Crippen molar-refractivity contribution in [2.75, 3.05) is 52.1 Å². The zero-order chi connectivity index (χ0) is 55.8. The van der Waals surface area contributed by atoms with Gasteiger partial charge in [0, 0.05) is 71.1 Å². The van der Waals surface area contributed by atoms with Crippen LogP contribution in [0.4, 0.5) is 10.5 Å². The van der Waals surface area contributed by atoms with Gasteiger partial charge in [0.2, 0.25) is 29.5 Å². The van der Waals surface area contributed by atoms with Crippen molar-refractivity contribution in [2.24, 2.45) is 23.5 Å². The number of hydrogen-bond acceptors (Lipinski definition) is 16. The fourth-order valence-electron chi connectivity index (χ4n) is 10.5. The number of anilines is 1. The minimum Gasteiger partial charge on any atom is -0.495 e. The molecule has 3 saturated heterocycles. The van der Waals surface area contributed by atoms with Gasteiger partial charge in [-0.25, -0.2) is 9.59 Å². The third kappa shape index (κ3) is 14.5. The molecular formula is C53H75ClN6O15S. The summed E-state index contributed by atoms with van der Waals surface area (Å²) in [5, 5.41) is 25.7. The first-order chi connectivity index (χ1) is 35.9. The average Bonchev–Trinajstić information content (AvgIpc) is 4.01. The van der Waals surface area contributed by atoms with Crippen LogP contribution < -0.4 is 26.0 Å². The Morgan fingerprint density at radius 1 is 1.08 bits per heavy atom. The first-order valence-electron chi connectivity index (χ1n) is 26.0. The smallest absolute Gasteiger partial charge is 0.409 e. The molecule has 23 heteroatoms. The molecule has 1 saturated carbocycles. The minimum atomic E-state index is -1.89. The number of rotatable bonds is 18. The van der Waals surface area contributed by atoms with E-state index in [-0.39, 0.29) is 66.1 Å². The van der Waals surface area contributed by atoms with Crippen molar-refractivity contribution < 1.29 is 72.3 Å². The lowest BCUT2D eigenvalue weighted by atomic mass is 9.81. The van der Waals surface area contributed by atoms with Crippen molar-refractivity contribution in [3.8, 4) is 5.75 Å². The number of likely N-dealkylation sites (N-methyl/N-ethyl adjacent to an activating group) is 1. The van der Waals surface area contributed by atoms with Crippen molar-refractivity contribution >= 4 is 76.6 Å². The number of fused-ring (bicyclic) bond motifs is 5. The number of unbranched alkanes of at least 4 members (excludes halogenated alkanes) is 1. The molecule has 1 aromatic rings. The molecule has 5 aliphatic rings. The first-order valence-corrected chi connectivity index (χ1v) is 27.4. The van der Waals surface area contributed by atoms with Crippen LogP contribution in [0.3, 0.4) is 0 Å². The number of alkyl carbamates (subject to hydrolysis) is 1. The van der Waals surface area contributed by atoms with E-state index in [0.717, 1.165) is 11.1 Å². The van der Waals surface area contributed by atoms with Crippen LogP contribution in [-0.2, 0) is 58.9 Å². The van der Waals surface area contributed by atoms with Gasteiger partial charge >= 0.3 is 18.0 Å². The number of esters is 1. The third-order valence-electron chi connectivity index (χ3n) is 15.6. The highest BCUT2D eigenvalue weighted by Crippen LogP contribution is 2.49. The Balaban J connectivity index is 1.07. The van der Waals surface area contributed by atoms with E-state index < -0.39 is 95.3 Å². The van der Waals surface area contributed by atoms with Gasteiger partial charge in [-0.2, -0.15) is 0 Å². The summed E-state index contributed by atoms with van der Waals surface area (Å²) in [6, 6.07) is 1.47. The SMILES string of the molecule is COc1cc2cc(c1Cl)N(C)C(=O)C[C@H](OC(=O)[C@H](C)N(C)C(=O)CCSC1CC(=O)N(CC3CCC(C(=O)NCCCC[C@H](N)C(=O)O)CC3)C1=O)[C@]1(C)O[C@@H]1[C@H](C)[C@@H]1C[C@@](O)(NC(=O)O1)C(OC)/C=C\C=C(/C)C2. The number of halogens is 1. The Morgan fingerprint density at radius 2 is 1.79 bits per heavy atom. The maximum atomic E-state index is 14.4. The zero-order valence-corrected chi connectivity index (χ0v) is 46.2. The average molecular weight is 1100 g/mol. The number of imide groups is 1. The van der Waals surface area contributed by atoms with Crippen LogP contribution in [0.25, 0.3) is 0 Å². The number of benzene rings is 1. The number of nitrogens with zero attached hydrogens (tertiary/aromatic N) is 3. The fraction of sp³-hybridized carbons (Fsp3) is 0.660. The standard InChI is InChI=1S/C53H75ClN6O15S/c1-29-12-11-14-40(72-8)53(70)27-38(73-51(69)57-53)30(2)46-52(4,75-46)41(26-43(62)59(6)36-23-33(22-29)24-37(71-7)45(36)54)74-50(68)31(3)58(5)42(61)19-21-76-39-25-44(63)60(48(39)65)28-32-15-17-34(18-16-32)47(64)56-20-10-9-13-35(55)49(66)67/h11-12,14,23-24,30-32,34-35,38-41,46,70H,9-10,13,15-22,25-28,55H2,1-8H3,(H,56,64)(H,57,69)(H,66,67)/b14-11-,29-12+/t30-,31+,32?,34?,35+,38+,39?,40?,41+,46-,52+,53+/m1/s1. The van der Waals surface area contributed by atoms with Gasteiger partial charge in [0.15, 0.2) is 5.72 Å². The number of thioether (sulfide) groups is 1. The van der Waals surface area contributed by atoms with Crippen LogP contribution in [0.1, 0.15) is 104 Å². The zero-order valence-electron chi connectivity index (χ0n) is 44.7. The molecule has 1 aliphatic carbocycles. The molecule has 0 aromatic heterocycles. The Bertz CT molecular complexity index is 2420. The summed E-state index contributed by atoms with van der Waals surface area (Å²) in [6.07, 6.45) is 4.40. The molecule has 0 spiro atoms. The van der Waals surface area contributed by atoms with E-state index in [1.54, 1.807) is 45.2 Å². The second-order valence-electron chi connectivity index (χ2n) is 21.0. The monoisotopic (exact) mass is 1100 g/mol. The minimum absolute atomic E-state index is 0.00468. The quantitative estimate of drug-likeness (QED) is 0.0594. The van der Waals surface area contributed by atoms with Crippen molar-refractivity contribution in [2.45, 2.75) is 158 Å². The summed E-state index contributed by atoms with van der Waals surface area (Å²) in [4.78, 5) is 109. The summed E-state index contributed by atoms with van der Waals surface area (Å²) in [6.45, 7) is 7.53. The maximum absolute atomic E-state index is 14.4. The van der Waals surface area contributed by atoms with Crippen LogP contribution in [0.5, 0.6) is 5.75 Å². The van der Waals surface area contributed by atoms with Gasteiger partial charge in [0.1, 0.15) is 46.8 Å². The Hall–Kier alpha value is -5.26. The van der Waals surface area contributed by atoms with E-state index in [4.69, 9.17) is 46.1 Å². The molecule has 4 fully saturated rings. The summed E-state index contributed by atoms with van der Waals surface area (Å²) < 4.78 is 29.5. The fourth-order valence-corrected chi connectivity index (χ4v) is 11.9. The largest absolute Gasteiger partial charge is 0.495 e. The number of ether oxygens (including phenoxy) is 5. The number of aliphatic hydroxyl groups is 1. The van der Waals surface area contributed by atoms with Gasteiger partial charge in [0.25, 0.3) is 0 Å². The van der Waals surface area contributed by atoms with E-state index in [9.17, 15) is 43.5 Å².